The van der Waals surface area contributed by atoms with Crippen molar-refractivity contribution in [1.82, 2.24) is 42.5 Å². The molecule has 0 spiro atoms. The lowest BCUT2D eigenvalue weighted by Crippen LogP contribution is -2.45. The first-order chi connectivity index (χ1) is 60.4. The third-order valence-electron chi connectivity index (χ3n) is 16.2. The lowest BCUT2D eigenvalue weighted by atomic mass is 10.2. The minimum atomic E-state index is -5.14. The van der Waals surface area contributed by atoms with Gasteiger partial charge < -0.3 is 115 Å². The van der Waals surface area contributed by atoms with Crippen molar-refractivity contribution in [2.75, 3.05) is 186 Å². The number of aliphatic hydroxyl groups is 4. The first kappa shape index (κ1) is 125. The largest absolute Gasteiger partial charge is 0.474 e. The molecular formula is C67H140N8O45P8. The Morgan fingerprint density at radius 1 is 0.273 bits per heavy atom. The molecule has 15 atom stereocenters. The molecule has 0 fully saturated rings. The predicted molar refractivity (Wildman–Crippen MR) is 451 cm³/mol. The molecule has 15 unspecified atom stereocenters. The smallest absolute Gasteiger partial charge is 0.394 e. The quantitative estimate of drug-likeness (QED) is 0.0236. The molecule has 0 aliphatic rings. The summed E-state index contributed by atoms with van der Waals surface area (Å²) in [6, 6.07) is 0. The van der Waals surface area contributed by atoms with Crippen LogP contribution in [0.15, 0.2) is 0 Å². The van der Waals surface area contributed by atoms with Crippen LogP contribution in [0.25, 0.3) is 0 Å². The maximum absolute atomic E-state index is 13.3. The van der Waals surface area contributed by atoms with Crippen LogP contribution in [-0.4, -0.2) is 324 Å². The Morgan fingerprint density at radius 3 is 0.750 bits per heavy atom. The summed E-state index contributed by atoms with van der Waals surface area (Å²) in [4.78, 5) is 160. The van der Waals surface area contributed by atoms with E-state index in [9.17, 15) is 125 Å². The molecule has 128 heavy (non-hydrogen) atoms. The van der Waals surface area contributed by atoms with Gasteiger partial charge in [0.05, 0.1) is 137 Å². The first-order valence-electron chi connectivity index (χ1n) is 41.6. The number of unbranched alkanes of at least 4 members (excludes halogenated alkanes) is 6. The van der Waals surface area contributed by atoms with Crippen molar-refractivity contribution < 1.29 is 212 Å². The van der Waals surface area contributed by atoms with E-state index in [1.54, 1.807) is 14.1 Å². The zero-order chi connectivity index (χ0) is 96.2. The molecule has 0 saturated heterocycles. The van der Waals surface area contributed by atoms with E-state index >= 15 is 0 Å². The van der Waals surface area contributed by atoms with Crippen molar-refractivity contribution >= 4 is 97.8 Å². The summed E-state index contributed by atoms with van der Waals surface area (Å²) in [7, 11) is -34.7. The number of nitrogens with one attached hydrogen (secondary N) is 8. The molecule has 6 amide bonds. The van der Waals surface area contributed by atoms with Crippen LogP contribution in [-0.2, 0) is 152 Å². The van der Waals surface area contributed by atoms with Gasteiger partial charge in [-0.15, -0.1) is 0 Å². The fraction of sp³-hybridized carbons (Fsp3) is 0.910. The Bertz CT molecular complexity index is 3340. The van der Waals surface area contributed by atoms with Crippen molar-refractivity contribution in [3.05, 3.63) is 0 Å². The van der Waals surface area contributed by atoms with Gasteiger partial charge in [0, 0.05) is 97.8 Å². The molecule has 0 radical (unpaired) electrons. The van der Waals surface area contributed by atoms with E-state index in [0.717, 1.165) is 19.5 Å². The van der Waals surface area contributed by atoms with Crippen LogP contribution >= 0.6 is 62.4 Å². The van der Waals surface area contributed by atoms with E-state index in [4.69, 9.17) is 82.3 Å². The van der Waals surface area contributed by atoms with Crippen molar-refractivity contribution in [1.29, 1.82) is 0 Å². The van der Waals surface area contributed by atoms with E-state index in [2.05, 4.69) is 47.1 Å². The Kier molecular flexibility index (Phi) is 72.0. The minimum Gasteiger partial charge on any atom is -0.394 e. The van der Waals surface area contributed by atoms with Gasteiger partial charge in [0.1, 0.15) is 12.2 Å². The molecule has 0 aliphatic heterocycles. The Labute approximate surface area is 745 Å². The summed E-state index contributed by atoms with van der Waals surface area (Å²) in [5.74, 6) is -4.25. The molecule has 0 rings (SSSR count). The van der Waals surface area contributed by atoms with Crippen molar-refractivity contribution in [3.8, 4) is 0 Å². The molecule has 20 N–H and O–H groups in total. The second-order valence-electron chi connectivity index (χ2n) is 28.0. The van der Waals surface area contributed by atoms with Crippen LogP contribution in [0.1, 0.15) is 168 Å². The van der Waals surface area contributed by atoms with Gasteiger partial charge in [-0.05, 0) is 130 Å². The lowest BCUT2D eigenvalue weighted by molar-refractivity contribution is -0.126. The second-order valence-corrected chi connectivity index (χ2v) is 39.7. The Balaban J connectivity index is 6.00. The van der Waals surface area contributed by atoms with Crippen LogP contribution in [0.3, 0.4) is 0 Å². The molecule has 0 aromatic carbocycles. The highest BCUT2D eigenvalue weighted by Gasteiger charge is 2.35. The molecule has 0 aliphatic carbocycles. The Hall–Kier alpha value is -2.66. The van der Waals surface area contributed by atoms with E-state index in [-0.39, 0.29) is 201 Å². The number of carbonyl (C=O) groups excluding carboxylic acids is 6. The van der Waals surface area contributed by atoms with E-state index in [1.807, 2.05) is 13.8 Å². The molecule has 53 nitrogen and oxygen atoms in total. The van der Waals surface area contributed by atoms with Crippen LogP contribution < -0.4 is 42.5 Å². The van der Waals surface area contributed by atoms with Gasteiger partial charge in [0.25, 0.3) is 0 Å². The third-order valence-corrected chi connectivity index (χ3v) is 24.3. The molecule has 61 heteroatoms. The highest BCUT2D eigenvalue weighted by Crippen LogP contribution is 2.50. The SMILES string of the molecule is CCCOCCC(CO)OP(=O)(O)OCCCCC(=O)NCC(CNC(=O)CCCCOP(=O)(O)OC(CO)CCOCNC)OP(=O)(O)OCCCCC(=O)NCC(CNC(=O)CCCCOP(=O)(O)OC(CNC(=O)CCCCOP(=O)(O)OC(CO)CCOCCC)NC(=O)CCCCOP(=O)(O)OC(CO)CCOCNC)OP(=O)(O)OCCOP(C)(=O)O. The third kappa shape index (κ3) is 75.5. The van der Waals surface area contributed by atoms with Gasteiger partial charge >= 0.3 is 62.4 Å². The van der Waals surface area contributed by atoms with Crippen molar-refractivity contribution in [2.45, 2.75) is 211 Å². The number of rotatable bonds is 90. The first-order valence-corrected chi connectivity index (χ1v) is 54.1. The topological polar surface area (TPSA) is 753 Å². The van der Waals surface area contributed by atoms with E-state index in [0.29, 0.717) is 13.2 Å². The normalized spacial score (nSPS) is 17.4. The number of hydrogen-bond acceptors (Lipinski definition) is 39. The van der Waals surface area contributed by atoms with Gasteiger partial charge in [0.15, 0.2) is 6.23 Å². The molecule has 758 valence electrons. The van der Waals surface area contributed by atoms with E-state index in [1.165, 1.54) is 0 Å². The minimum absolute atomic E-state index is 0.00444. The van der Waals surface area contributed by atoms with Gasteiger partial charge in [-0.1, -0.05) is 13.8 Å². The highest BCUT2D eigenvalue weighted by molar-refractivity contribution is 7.52. The summed E-state index contributed by atoms with van der Waals surface area (Å²) < 4.78 is 198. The standard InChI is InChI=1S/C67H140N8O45P8/c1-6-30-102-38-26-55(49-76)114-122(88,89)107-32-14-8-20-61(80)70-44-59(45-71-62(81)21-9-15-33-109-124(92,93)116-57(51-78)28-40-104-53-68-3)118-126(96,97)111-35-16-10-22-63(82)72-46-60(119-127(98,99)113-43-42-106-121(5,86)87)47-73-64(83)23-11-18-37-112-128(100,101)120-67(75-66(85)25-13-19-36-110-125(94,95)117-58(52-79)29-41-105-54-69-4)48-74-65(84)24-12-17-34-108-123(90,91)115-56(50-77)27-39-103-31-7-2/h55-60,67-69,76-79H,6-54H2,1-5H3,(H,70,80)(H,71,81)(H,72,82)(H,73,83)(H,74,84)(H,75,85)(H,86,87)(H,88,89)(H,90,91)(H,92,93)(H,94,95)(H,96,97)(H,98,99)(H,100,101). The lowest BCUT2D eigenvalue weighted by Gasteiger charge is -2.22. The maximum Gasteiger partial charge on any atom is 0.474 e. The number of amides is 6. The average molecular weight is 2030 g/mol. The van der Waals surface area contributed by atoms with Gasteiger partial charge in [-0.2, -0.15) is 0 Å². The second kappa shape index (κ2) is 73.6. The summed E-state index contributed by atoms with van der Waals surface area (Å²) in [5.41, 5.74) is 0. The van der Waals surface area contributed by atoms with Crippen molar-refractivity contribution in [3.63, 3.8) is 0 Å². The number of hydrogen-bond donors (Lipinski definition) is 20. The zero-order valence-electron chi connectivity index (χ0n) is 73.1. The number of phosphoric acid groups is 7. The van der Waals surface area contributed by atoms with Gasteiger partial charge in [-0.3, -0.25) is 107 Å². The van der Waals surface area contributed by atoms with Crippen LogP contribution in [0, 0.1) is 0 Å². The van der Waals surface area contributed by atoms with Gasteiger partial charge in [-0.25, -0.2) is 32.0 Å². The molecule has 0 heterocycles. The molecule has 0 bridgehead atoms. The van der Waals surface area contributed by atoms with Crippen molar-refractivity contribution in [2.24, 2.45) is 0 Å². The van der Waals surface area contributed by atoms with Crippen LogP contribution in [0.5, 0.6) is 0 Å². The molecular weight excluding hydrogens is 1880 g/mol. The van der Waals surface area contributed by atoms with E-state index < -0.39 is 233 Å². The summed E-state index contributed by atoms with van der Waals surface area (Å²) in [5, 5.41) is 58.4. The van der Waals surface area contributed by atoms with Crippen LogP contribution in [0.4, 0.5) is 0 Å². The van der Waals surface area contributed by atoms with Gasteiger partial charge in [0.2, 0.25) is 35.4 Å². The fourth-order valence-electron chi connectivity index (χ4n) is 9.90. The fourth-order valence-corrected chi connectivity index (χ4v) is 16.9. The number of carbonyl (C=O) groups is 6. The zero-order valence-corrected chi connectivity index (χ0v) is 80.3. The Morgan fingerprint density at radius 2 is 0.500 bits per heavy atom. The average Bonchev–Trinajstić information content (AvgIpc) is 0.868. The summed E-state index contributed by atoms with van der Waals surface area (Å²) in [6.07, 6.45) is -8.89. The highest BCUT2D eigenvalue weighted by atomic mass is 31.2. The number of aliphatic hydroxyl groups excluding tert-OH is 4. The summed E-state index contributed by atoms with van der Waals surface area (Å²) >= 11 is 0. The monoisotopic (exact) mass is 2020 g/mol. The maximum atomic E-state index is 13.3. The predicted octanol–water partition coefficient (Wildman–Crippen LogP) is 2.78. The van der Waals surface area contributed by atoms with Crippen LogP contribution in [0.2, 0.25) is 0 Å². The molecule has 0 aromatic heterocycles. The summed E-state index contributed by atoms with van der Waals surface area (Å²) in [6.45, 7) is -2.90. The number of ether oxygens (including phenoxy) is 4. The molecule has 0 saturated carbocycles. The number of phosphoric ester groups is 7. The molecule has 0 aromatic rings.